The summed E-state index contributed by atoms with van der Waals surface area (Å²) in [7, 11) is 0. The number of benzene rings is 1. The van der Waals surface area contributed by atoms with Crippen molar-refractivity contribution in [2.45, 2.75) is 38.3 Å². The van der Waals surface area contributed by atoms with Gasteiger partial charge in [0.05, 0.1) is 6.04 Å². The predicted octanol–water partition coefficient (Wildman–Crippen LogP) is 2.48. The van der Waals surface area contributed by atoms with Crippen molar-refractivity contribution in [2.24, 2.45) is 0 Å². The molecule has 2 saturated heterocycles. The van der Waals surface area contributed by atoms with Crippen LogP contribution in [0.1, 0.15) is 37.8 Å². The fourth-order valence-electron chi connectivity index (χ4n) is 4.19. The molecule has 0 radical (unpaired) electrons. The van der Waals surface area contributed by atoms with E-state index in [2.05, 4.69) is 22.8 Å². The molecule has 27 heavy (non-hydrogen) atoms. The maximum atomic E-state index is 12.9. The summed E-state index contributed by atoms with van der Waals surface area (Å²) >= 11 is 6.35. The number of nitrogens with zero attached hydrogens (tertiary/aromatic N) is 3. The van der Waals surface area contributed by atoms with E-state index >= 15 is 0 Å². The van der Waals surface area contributed by atoms with Crippen LogP contribution in [0.2, 0.25) is 5.02 Å². The van der Waals surface area contributed by atoms with Crippen molar-refractivity contribution < 1.29 is 14.7 Å². The molecule has 148 valence electrons. The van der Waals surface area contributed by atoms with E-state index in [1.807, 2.05) is 18.2 Å². The second-order valence-electron chi connectivity index (χ2n) is 7.43. The van der Waals surface area contributed by atoms with Crippen LogP contribution in [0.25, 0.3) is 0 Å². The smallest absolute Gasteiger partial charge is 0.323 e. The molecule has 3 rings (SSSR count). The summed E-state index contributed by atoms with van der Waals surface area (Å²) in [4.78, 5) is 30.1. The Morgan fingerprint density at radius 3 is 2.56 bits per heavy atom. The molecule has 0 aromatic heterocycles. The SMILES string of the molecule is CC(c1ccccc1Cl)N1CCN(C2CCCCN(CC(=O)O)C2=O)CC1. The number of hydrogen-bond acceptors (Lipinski definition) is 4. The van der Waals surface area contributed by atoms with Gasteiger partial charge in [-0.1, -0.05) is 29.8 Å². The Morgan fingerprint density at radius 2 is 1.89 bits per heavy atom. The van der Waals surface area contributed by atoms with Crippen LogP contribution in [0.5, 0.6) is 0 Å². The number of hydrogen-bond donors (Lipinski definition) is 1. The fourth-order valence-corrected chi connectivity index (χ4v) is 4.48. The van der Waals surface area contributed by atoms with Gasteiger partial charge in [0, 0.05) is 43.8 Å². The van der Waals surface area contributed by atoms with Crippen LogP contribution in [0, 0.1) is 0 Å². The van der Waals surface area contributed by atoms with E-state index in [1.165, 1.54) is 4.90 Å². The van der Waals surface area contributed by atoms with Gasteiger partial charge in [-0.3, -0.25) is 19.4 Å². The van der Waals surface area contributed by atoms with Gasteiger partial charge < -0.3 is 10.0 Å². The first kappa shape index (κ1) is 20.1. The second-order valence-corrected chi connectivity index (χ2v) is 7.84. The lowest BCUT2D eigenvalue weighted by Gasteiger charge is -2.41. The van der Waals surface area contributed by atoms with Crippen molar-refractivity contribution in [3.8, 4) is 0 Å². The molecule has 2 fully saturated rings. The highest BCUT2D eigenvalue weighted by Gasteiger charge is 2.34. The van der Waals surface area contributed by atoms with E-state index in [-0.39, 0.29) is 24.5 Å². The summed E-state index contributed by atoms with van der Waals surface area (Å²) in [6, 6.07) is 7.98. The van der Waals surface area contributed by atoms with Gasteiger partial charge in [-0.2, -0.15) is 0 Å². The largest absolute Gasteiger partial charge is 0.480 e. The Hall–Kier alpha value is -1.63. The molecule has 2 aliphatic heterocycles. The number of carboxylic acids is 1. The minimum absolute atomic E-state index is 0.0255. The van der Waals surface area contributed by atoms with E-state index in [0.29, 0.717) is 6.54 Å². The van der Waals surface area contributed by atoms with Gasteiger partial charge in [-0.05, 0) is 37.8 Å². The van der Waals surface area contributed by atoms with Crippen molar-refractivity contribution in [3.05, 3.63) is 34.9 Å². The maximum Gasteiger partial charge on any atom is 0.323 e. The highest BCUT2D eigenvalue weighted by molar-refractivity contribution is 6.31. The number of aliphatic carboxylic acids is 1. The van der Waals surface area contributed by atoms with Crippen molar-refractivity contribution in [2.75, 3.05) is 39.3 Å². The van der Waals surface area contributed by atoms with Crippen LogP contribution in [-0.4, -0.2) is 77.0 Å². The summed E-state index contributed by atoms with van der Waals surface area (Å²) in [5.41, 5.74) is 1.13. The number of halogens is 1. The third kappa shape index (κ3) is 4.81. The summed E-state index contributed by atoms with van der Waals surface area (Å²) in [6.07, 6.45) is 2.65. The molecule has 2 unspecified atom stereocenters. The van der Waals surface area contributed by atoms with E-state index in [4.69, 9.17) is 16.7 Å². The van der Waals surface area contributed by atoms with Crippen LogP contribution in [0.3, 0.4) is 0 Å². The van der Waals surface area contributed by atoms with Crippen LogP contribution in [0.4, 0.5) is 0 Å². The monoisotopic (exact) mass is 393 g/mol. The molecule has 0 spiro atoms. The van der Waals surface area contributed by atoms with Crippen LogP contribution in [-0.2, 0) is 9.59 Å². The third-order valence-corrected chi connectivity index (χ3v) is 6.12. The Morgan fingerprint density at radius 1 is 1.19 bits per heavy atom. The fraction of sp³-hybridized carbons (Fsp3) is 0.600. The van der Waals surface area contributed by atoms with Gasteiger partial charge in [0.2, 0.25) is 5.91 Å². The van der Waals surface area contributed by atoms with Gasteiger partial charge in [0.1, 0.15) is 6.54 Å². The molecule has 2 heterocycles. The van der Waals surface area contributed by atoms with Gasteiger partial charge >= 0.3 is 5.97 Å². The molecular weight excluding hydrogens is 366 g/mol. The second kappa shape index (κ2) is 9.04. The molecule has 2 atom stereocenters. The number of likely N-dealkylation sites (tertiary alicyclic amines) is 1. The Kier molecular flexibility index (Phi) is 6.73. The Bertz CT molecular complexity index is 676. The molecule has 2 aliphatic rings. The molecule has 0 bridgehead atoms. The number of carbonyl (C=O) groups is 2. The number of carboxylic acid groups (broad SMARTS) is 1. The van der Waals surface area contributed by atoms with Crippen LogP contribution < -0.4 is 0 Å². The van der Waals surface area contributed by atoms with Crippen LogP contribution in [0.15, 0.2) is 24.3 Å². The van der Waals surface area contributed by atoms with E-state index in [1.54, 1.807) is 0 Å². The van der Waals surface area contributed by atoms with E-state index in [0.717, 1.165) is 56.0 Å². The summed E-state index contributed by atoms with van der Waals surface area (Å²) in [6.45, 7) is 5.88. The zero-order valence-corrected chi connectivity index (χ0v) is 16.6. The minimum atomic E-state index is -0.942. The normalized spacial score (nSPS) is 23.9. The highest BCUT2D eigenvalue weighted by Crippen LogP contribution is 2.28. The first-order chi connectivity index (χ1) is 13.0. The zero-order valence-electron chi connectivity index (χ0n) is 15.8. The minimum Gasteiger partial charge on any atom is -0.480 e. The quantitative estimate of drug-likeness (QED) is 0.832. The number of piperazine rings is 1. The van der Waals surface area contributed by atoms with E-state index < -0.39 is 5.97 Å². The molecule has 0 aliphatic carbocycles. The molecule has 1 aromatic carbocycles. The third-order valence-electron chi connectivity index (χ3n) is 5.77. The number of rotatable bonds is 5. The van der Waals surface area contributed by atoms with Crippen molar-refractivity contribution >= 4 is 23.5 Å². The first-order valence-corrected chi connectivity index (χ1v) is 10.1. The zero-order chi connectivity index (χ0) is 19.4. The molecule has 1 N–H and O–H groups in total. The van der Waals surface area contributed by atoms with Gasteiger partial charge in [-0.15, -0.1) is 0 Å². The maximum absolute atomic E-state index is 12.9. The summed E-state index contributed by atoms with van der Waals surface area (Å²) in [5, 5.41) is 9.86. The molecule has 0 saturated carbocycles. The average molecular weight is 394 g/mol. The summed E-state index contributed by atoms with van der Waals surface area (Å²) in [5.74, 6) is -0.968. The number of amides is 1. The van der Waals surface area contributed by atoms with Gasteiger partial charge in [0.15, 0.2) is 0 Å². The van der Waals surface area contributed by atoms with Gasteiger partial charge in [0.25, 0.3) is 0 Å². The number of carbonyl (C=O) groups excluding carboxylic acids is 1. The molecule has 1 amide bonds. The Labute approximate surface area is 165 Å². The lowest BCUT2D eigenvalue weighted by atomic mass is 10.0. The topological polar surface area (TPSA) is 64.1 Å². The summed E-state index contributed by atoms with van der Waals surface area (Å²) < 4.78 is 0. The average Bonchev–Trinajstić information content (AvgIpc) is 2.83. The first-order valence-electron chi connectivity index (χ1n) is 9.70. The van der Waals surface area contributed by atoms with Gasteiger partial charge in [-0.25, -0.2) is 0 Å². The highest BCUT2D eigenvalue weighted by atomic mass is 35.5. The molecule has 6 nitrogen and oxygen atoms in total. The molecule has 1 aromatic rings. The molecule has 7 heteroatoms. The van der Waals surface area contributed by atoms with Crippen LogP contribution >= 0.6 is 11.6 Å². The predicted molar refractivity (Wildman–Crippen MR) is 105 cm³/mol. The lowest BCUT2D eigenvalue weighted by molar-refractivity contribution is -0.147. The van der Waals surface area contributed by atoms with Crippen molar-refractivity contribution in [3.63, 3.8) is 0 Å². The van der Waals surface area contributed by atoms with Crippen molar-refractivity contribution in [1.82, 2.24) is 14.7 Å². The Balaban J connectivity index is 1.61. The standard InChI is InChI=1S/C20H28ClN3O3/c1-15(16-6-2-3-7-17(16)21)22-10-12-23(13-11-22)18-8-4-5-9-24(20(18)27)14-19(25)26/h2-3,6-7,15,18H,4-5,8-14H2,1H3,(H,25,26). The van der Waals surface area contributed by atoms with Crippen molar-refractivity contribution in [1.29, 1.82) is 0 Å². The van der Waals surface area contributed by atoms with E-state index in [9.17, 15) is 9.59 Å². The lowest BCUT2D eigenvalue weighted by Crippen LogP contribution is -2.55. The molecular formula is C20H28ClN3O3.